The van der Waals surface area contributed by atoms with Crippen LogP contribution in [0.3, 0.4) is 0 Å². The van der Waals surface area contributed by atoms with Crippen molar-refractivity contribution in [2.45, 2.75) is 84.3 Å². The number of benzene rings is 4. The monoisotopic (exact) mass is 802 g/mol. The van der Waals surface area contributed by atoms with E-state index in [9.17, 15) is 33.6 Å². The third kappa shape index (κ3) is 5.60. The van der Waals surface area contributed by atoms with Gasteiger partial charge in [-0.2, -0.15) is 0 Å². The van der Waals surface area contributed by atoms with E-state index in [1.807, 2.05) is 0 Å². The molecule has 9 nitrogen and oxygen atoms in total. The Hall–Kier alpha value is -5.83. The van der Waals surface area contributed by atoms with Gasteiger partial charge in [0.05, 0.1) is 11.1 Å². The molecule has 0 saturated heterocycles. The average Bonchev–Trinajstić information content (AvgIpc) is 3.63. The lowest BCUT2D eigenvalue weighted by molar-refractivity contribution is -0.175. The van der Waals surface area contributed by atoms with Crippen molar-refractivity contribution in [2.24, 2.45) is 40.4 Å². The van der Waals surface area contributed by atoms with Gasteiger partial charge in [-0.1, -0.05) is 62.4 Å². The molecule has 9 heteroatoms. The molecule has 4 saturated carbocycles. The molecule has 0 aromatic heterocycles. The van der Waals surface area contributed by atoms with Crippen molar-refractivity contribution < 1.29 is 43.0 Å². The maximum absolute atomic E-state index is 14.2. The number of hydrogen-bond donors (Lipinski definition) is 0. The molecule has 6 aliphatic rings. The zero-order valence-electron chi connectivity index (χ0n) is 34.0. The van der Waals surface area contributed by atoms with Crippen molar-refractivity contribution in [1.82, 2.24) is 0 Å². The standard InChI is InChI=1S/C51H46O9/c1-26(52)40-18-19-41-37-17-14-29-24-30(59-48(57)27-12-15-35-38(22-27)46(55)33-10-6-4-8-31(33)44(35)53)20-21-50(29,2)42(37)25-43(51(40,41)3)60-49(58)28-13-16-36-39(23-28)47(56)34-11-7-5-9-32(34)45(36)54/h4-13,15-16,22-23,29-30,37,40-43H,14,17-21,24-25H2,1-3H3/t29-,30-,37+,40-,41+,42+,43+,50-,51+/m0/s1. The van der Waals surface area contributed by atoms with Gasteiger partial charge in [-0.15, -0.1) is 0 Å². The van der Waals surface area contributed by atoms with E-state index < -0.39 is 23.5 Å². The highest BCUT2D eigenvalue weighted by Crippen LogP contribution is 2.68. The number of rotatable bonds is 5. The van der Waals surface area contributed by atoms with Crippen LogP contribution < -0.4 is 0 Å². The molecular weight excluding hydrogens is 757 g/mol. The third-order valence-corrected chi connectivity index (χ3v) is 16.0. The minimum Gasteiger partial charge on any atom is -0.459 e. The van der Waals surface area contributed by atoms with Gasteiger partial charge >= 0.3 is 11.9 Å². The second kappa shape index (κ2) is 13.9. The van der Waals surface area contributed by atoms with Gasteiger partial charge < -0.3 is 9.47 Å². The summed E-state index contributed by atoms with van der Waals surface area (Å²) in [6, 6.07) is 22.6. The fraction of sp³-hybridized carbons (Fsp3) is 0.392. The first kappa shape index (κ1) is 38.4. The average molecular weight is 803 g/mol. The topological polar surface area (TPSA) is 138 Å². The van der Waals surface area contributed by atoms with Crippen molar-refractivity contribution in [1.29, 1.82) is 0 Å². The van der Waals surface area contributed by atoms with Crippen LogP contribution >= 0.6 is 0 Å². The summed E-state index contributed by atoms with van der Waals surface area (Å²) in [7, 11) is 0. The van der Waals surface area contributed by atoms with Crippen LogP contribution in [0.1, 0.15) is 157 Å². The van der Waals surface area contributed by atoms with E-state index in [0.29, 0.717) is 47.4 Å². The van der Waals surface area contributed by atoms with E-state index in [0.717, 1.165) is 32.1 Å². The summed E-state index contributed by atoms with van der Waals surface area (Å²) < 4.78 is 12.7. The molecule has 4 fully saturated rings. The molecule has 0 heterocycles. The van der Waals surface area contributed by atoms with Gasteiger partial charge in [0.2, 0.25) is 0 Å². The Balaban J connectivity index is 0.881. The molecular formula is C51H46O9. The Morgan fingerprint density at radius 2 is 1.05 bits per heavy atom. The van der Waals surface area contributed by atoms with Crippen LogP contribution in [0.5, 0.6) is 0 Å². The molecule has 0 amide bonds. The van der Waals surface area contributed by atoms with E-state index in [2.05, 4.69) is 13.8 Å². The highest BCUT2D eigenvalue weighted by molar-refractivity contribution is 6.29. The quantitative estimate of drug-likeness (QED) is 0.157. The number of esters is 2. The molecule has 0 unspecified atom stereocenters. The summed E-state index contributed by atoms with van der Waals surface area (Å²) in [6.45, 7) is 6.14. The van der Waals surface area contributed by atoms with Crippen molar-refractivity contribution in [3.8, 4) is 0 Å². The number of ether oxygens (including phenoxy) is 2. The highest BCUT2D eigenvalue weighted by atomic mass is 16.5. The Morgan fingerprint density at radius 3 is 1.58 bits per heavy atom. The van der Waals surface area contributed by atoms with Gasteiger partial charge in [0, 0.05) is 55.8 Å². The first-order valence-electron chi connectivity index (χ1n) is 21.4. The SMILES string of the molecule is CC(=O)[C@@H]1CC[C@@H]2[C@H]3CC[C@H]4C[C@@H](OC(=O)c5ccc6c(c5)C(=O)c5ccccc5C6=O)CC[C@]4(C)[C@@H]3C[C@@H](OC(=O)c3ccc4c(c3)C(=O)c3ccccc3C4=O)[C@@]21C. The van der Waals surface area contributed by atoms with Crippen molar-refractivity contribution in [2.75, 3.05) is 0 Å². The normalized spacial score (nSPS) is 31.0. The first-order chi connectivity index (χ1) is 28.8. The second-order valence-electron chi connectivity index (χ2n) is 18.6. The molecule has 4 aromatic carbocycles. The molecule has 4 aromatic rings. The predicted molar refractivity (Wildman–Crippen MR) is 219 cm³/mol. The van der Waals surface area contributed by atoms with Gasteiger partial charge in [-0.3, -0.25) is 24.0 Å². The minimum atomic E-state index is -0.569. The number of hydrogen-bond acceptors (Lipinski definition) is 9. The molecule has 0 spiro atoms. The summed E-state index contributed by atoms with van der Waals surface area (Å²) in [5, 5.41) is 0. The Kier molecular flexibility index (Phi) is 8.87. The van der Waals surface area contributed by atoms with Gasteiger partial charge in [-0.05, 0) is 124 Å². The molecule has 60 heavy (non-hydrogen) atoms. The Labute approximate surface area is 348 Å². The van der Waals surface area contributed by atoms with Gasteiger partial charge in [0.25, 0.3) is 0 Å². The summed E-state index contributed by atoms with van der Waals surface area (Å²) >= 11 is 0. The van der Waals surface area contributed by atoms with Crippen molar-refractivity contribution >= 4 is 40.9 Å². The van der Waals surface area contributed by atoms with Gasteiger partial charge in [0.1, 0.15) is 18.0 Å². The lowest BCUT2D eigenvalue weighted by Crippen LogP contribution is -2.59. The lowest BCUT2D eigenvalue weighted by atomic mass is 9.44. The van der Waals surface area contributed by atoms with Crippen LogP contribution in [-0.4, -0.2) is 53.1 Å². The van der Waals surface area contributed by atoms with E-state index in [4.69, 9.17) is 9.47 Å². The van der Waals surface area contributed by atoms with Crippen LogP contribution in [0.4, 0.5) is 0 Å². The summed E-state index contributed by atoms with van der Waals surface area (Å²) in [5.74, 6) is -1.32. The van der Waals surface area contributed by atoms with Gasteiger partial charge in [-0.25, -0.2) is 9.59 Å². The highest BCUT2D eigenvalue weighted by Gasteiger charge is 2.65. The number of carbonyl (C=O) groups is 7. The van der Waals surface area contributed by atoms with Crippen LogP contribution in [0, 0.1) is 40.4 Å². The molecule has 0 N–H and O–H groups in total. The fourth-order valence-corrected chi connectivity index (χ4v) is 13.0. The zero-order chi connectivity index (χ0) is 41.8. The zero-order valence-corrected chi connectivity index (χ0v) is 34.0. The number of Topliss-reactive ketones (excluding diaryl/α,β-unsaturated/α-hetero) is 1. The third-order valence-electron chi connectivity index (χ3n) is 16.0. The van der Waals surface area contributed by atoms with Gasteiger partial charge in [0.15, 0.2) is 23.1 Å². The van der Waals surface area contributed by atoms with Crippen LogP contribution in [0.25, 0.3) is 0 Å². The van der Waals surface area contributed by atoms with E-state index in [1.54, 1.807) is 79.7 Å². The maximum atomic E-state index is 14.2. The first-order valence-corrected chi connectivity index (χ1v) is 21.4. The number of carbonyl (C=O) groups excluding carboxylic acids is 7. The van der Waals surface area contributed by atoms with Crippen LogP contribution in [0.2, 0.25) is 0 Å². The lowest BCUT2D eigenvalue weighted by Gasteiger charge is -2.62. The second-order valence-corrected chi connectivity index (χ2v) is 18.6. The molecule has 0 radical (unpaired) electrons. The number of ketones is 5. The summed E-state index contributed by atoms with van der Waals surface area (Å²) in [4.78, 5) is 94.5. The number of fused-ring (bicyclic) bond motifs is 9. The molecule has 304 valence electrons. The molecule has 9 atom stereocenters. The molecule has 6 aliphatic carbocycles. The summed E-state index contributed by atoms with van der Waals surface area (Å²) in [6.07, 6.45) is 5.47. The van der Waals surface area contributed by atoms with Crippen LogP contribution in [-0.2, 0) is 14.3 Å². The summed E-state index contributed by atoms with van der Waals surface area (Å²) in [5.41, 5.74) is 2.06. The molecule has 0 aliphatic heterocycles. The smallest absolute Gasteiger partial charge is 0.338 e. The fourth-order valence-electron chi connectivity index (χ4n) is 13.0. The maximum Gasteiger partial charge on any atom is 0.338 e. The van der Waals surface area contributed by atoms with E-state index in [1.165, 1.54) is 12.1 Å². The largest absolute Gasteiger partial charge is 0.459 e. The Bertz CT molecular complexity index is 2600. The molecule has 10 rings (SSSR count). The van der Waals surface area contributed by atoms with Crippen LogP contribution in [0.15, 0.2) is 84.9 Å². The van der Waals surface area contributed by atoms with Crippen molar-refractivity contribution in [3.05, 3.63) is 141 Å². The Morgan fingerprint density at radius 1 is 0.550 bits per heavy atom. The van der Waals surface area contributed by atoms with E-state index in [-0.39, 0.29) is 97.5 Å². The van der Waals surface area contributed by atoms with E-state index >= 15 is 0 Å². The predicted octanol–water partition coefficient (Wildman–Crippen LogP) is 8.85. The molecule has 0 bridgehead atoms. The minimum absolute atomic E-state index is 0.109. The van der Waals surface area contributed by atoms with Crippen molar-refractivity contribution in [3.63, 3.8) is 0 Å².